The number of fused-ring (bicyclic) bond motifs is 1. The predicted molar refractivity (Wildman–Crippen MR) is 113 cm³/mol. The fourth-order valence-corrected chi connectivity index (χ4v) is 3.44. The molecule has 8 heteroatoms. The van der Waals surface area contributed by atoms with E-state index in [1.54, 1.807) is 41.7 Å². The first-order valence-corrected chi connectivity index (χ1v) is 10.0. The molecule has 0 radical (unpaired) electrons. The molecule has 0 unspecified atom stereocenters. The molecule has 0 spiro atoms. The standard InChI is InChI=1S/C22H18N2O5S/c1-14-23-18(12-30-14)16-3-2-4-17(10-16)24-21(25)11-27-22(26)8-6-15-5-7-19-20(9-15)29-13-28-19/h2-10,12H,11,13H2,1H3,(H,24,25)/b8-6+. The summed E-state index contributed by atoms with van der Waals surface area (Å²) in [5, 5.41) is 5.66. The minimum atomic E-state index is -0.616. The highest BCUT2D eigenvalue weighted by Gasteiger charge is 2.12. The Balaban J connectivity index is 1.29. The molecule has 0 fully saturated rings. The molecule has 0 saturated heterocycles. The fourth-order valence-electron chi connectivity index (χ4n) is 2.82. The van der Waals surface area contributed by atoms with E-state index in [0.717, 1.165) is 21.8 Å². The maximum Gasteiger partial charge on any atom is 0.331 e. The number of hydrogen-bond donors (Lipinski definition) is 1. The van der Waals surface area contributed by atoms with Crippen molar-refractivity contribution in [2.24, 2.45) is 0 Å². The topological polar surface area (TPSA) is 86.8 Å². The number of benzene rings is 2. The lowest BCUT2D eigenvalue weighted by Crippen LogP contribution is -2.20. The Labute approximate surface area is 176 Å². The maximum atomic E-state index is 12.1. The van der Waals surface area contributed by atoms with Crippen LogP contribution in [0.1, 0.15) is 10.6 Å². The van der Waals surface area contributed by atoms with Crippen molar-refractivity contribution in [3.8, 4) is 22.8 Å². The quantitative estimate of drug-likeness (QED) is 0.477. The summed E-state index contributed by atoms with van der Waals surface area (Å²) in [5.74, 6) is 0.251. The molecule has 0 atom stereocenters. The van der Waals surface area contributed by atoms with Crippen molar-refractivity contribution in [1.82, 2.24) is 4.98 Å². The van der Waals surface area contributed by atoms with Crippen molar-refractivity contribution in [2.75, 3.05) is 18.7 Å². The van der Waals surface area contributed by atoms with Gasteiger partial charge in [0.2, 0.25) is 6.79 Å². The van der Waals surface area contributed by atoms with Gasteiger partial charge in [-0.25, -0.2) is 9.78 Å². The van der Waals surface area contributed by atoms with Gasteiger partial charge >= 0.3 is 5.97 Å². The van der Waals surface area contributed by atoms with Gasteiger partial charge in [0.1, 0.15) is 0 Å². The molecule has 7 nitrogen and oxygen atoms in total. The monoisotopic (exact) mass is 422 g/mol. The van der Waals surface area contributed by atoms with Gasteiger partial charge in [0.05, 0.1) is 10.7 Å². The third kappa shape index (κ3) is 4.84. The summed E-state index contributed by atoms with van der Waals surface area (Å²) >= 11 is 1.56. The number of anilines is 1. The molecule has 1 amide bonds. The van der Waals surface area contributed by atoms with Gasteiger partial charge in [0, 0.05) is 22.7 Å². The van der Waals surface area contributed by atoms with Gasteiger partial charge in [-0.2, -0.15) is 0 Å². The van der Waals surface area contributed by atoms with Crippen molar-refractivity contribution in [2.45, 2.75) is 6.92 Å². The van der Waals surface area contributed by atoms with Crippen molar-refractivity contribution in [1.29, 1.82) is 0 Å². The number of carbonyl (C=O) groups excluding carboxylic acids is 2. The van der Waals surface area contributed by atoms with E-state index in [1.165, 1.54) is 6.08 Å². The number of nitrogens with one attached hydrogen (secondary N) is 1. The van der Waals surface area contributed by atoms with Crippen molar-refractivity contribution in [3.63, 3.8) is 0 Å². The summed E-state index contributed by atoms with van der Waals surface area (Å²) in [4.78, 5) is 28.5. The largest absolute Gasteiger partial charge is 0.454 e. The molecule has 1 aliphatic heterocycles. The third-order valence-electron chi connectivity index (χ3n) is 4.22. The summed E-state index contributed by atoms with van der Waals surface area (Å²) in [6.45, 7) is 1.74. The minimum Gasteiger partial charge on any atom is -0.454 e. The Morgan fingerprint density at radius 1 is 1.20 bits per heavy atom. The number of thiazole rings is 1. The first kappa shape index (κ1) is 19.7. The van der Waals surface area contributed by atoms with Crippen LogP contribution in [-0.4, -0.2) is 30.3 Å². The number of nitrogens with zero attached hydrogens (tertiary/aromatic N) is 1. The Morgan fingerprint density at radius 2 is 2.07 bits per heavy atom. The molecule has 30 heavy (non-hydrogen) atoms. The van der Waals surface area contributed by atoms with Crippen LogP contribution in [0.15, 0.2) is 53.9 Å². The summed E-state index contributed by atoms with van der Waals surface area (Å²) in [5.41, 5.74) is 3.12. The summed E-state index contributed by atoms with van der Waals surface area (Å²) < 4.78 is 15.5. The molecular formula is C22H18N2O5S. The second kappa shape index (κ2) is 8.79. The van der Waals surface area contributed by atoms with Crippen molar-refractivity contribution < 1.29 is 23.8 Å². The lowest BCUT2D eigenvalue weighted by Gasteiger charge is -2.07. The van der Waals surface area contributed by atoms with Crippen LogP contribution in [0.3, 0.4) is 0 Å². The predicted octanol–water partition coefficient (Wildman–Crippen LogP) is 4.04. The Kier molecular flexibility index (Phi) is 5.76. The summed E-state index contributed by atoms with van der Waals surface area (Å²) in [7, 11) is 0. The number of esters is 1. The van der Waals surface area contributed by atoms with Crippen LogP contribution < -0.4 is 14.8 Å². The molecular weight excluding hydrogens is 404 g/mol. The number of aromatic nitrogens is 1. The van der Waals surface area contributed by atoms with Gasteiger partial charge in [-0.15, -0.1) is 11.3 Å². The Hall–Kier alpha value is -3.65. The second-order valence-corrected chi connectivity index (χ2v) is 7.50. The van der Waals surface area contributed by atoms with Gasteiger partial charge in [-0.1, -0.05) is 18.2 Å². The number of amides is 1. The van der Waals surface area contributed by atoms with Crippen molar-refractivity contribution >= 4 is 35.0 Å². The van der Waals surface area contributed by atoms with E-state index in [1.807, 2.05) is 30.5 Å². The first-order valence-electron chi connectivity index (χ1n) is 9.14. The fraction of sp³-hybridized carbons (Fsp3) is 0.136. The Morgan fingerprint density at radius 3 is 2.90 bits per heavy atom. The van der Waals surface area contributed by atoms with E-state index in [-0.39, 0.29) is 13.4 Å². The normalized spacial score (nSPS) is 12.2. The third-order valence-corrected chi connectivity index (χ3v) is 4.99. The minimum absolute atomic E-state index is 0.186. The molecule has 0 bridgehead atoms. The highest BCUT2D eigenvalue weighted by Crippen LogP contribution is 2.32. The zero-order valence-electron chi connectivity index (χ0n) is 16.1. The number of aryl methyl sites for hydroxylation is 1. The summed E-state index contributed by atoms with van der Waals surface area (Å²) in [6, 6.07) is 12.7. The highest BCUT2D eigenvalue weighted by molar-refractivity contribution is 7.09. The van der Waals surface area contributed by atoms with E-state index in [4.69, 9.17) is 14.2 Å². The molecule has 4 rings (SSSR count). The zero-order chi connectivity index (χ0) is 20.9. The average molecular weight is 422 g/mol. The van der Waals surface area contributed by atoms with Crippen LogP contribution in [0.25, 0.3) is 17.3 Å². The lowest BCUT2D eigenvalue weighted by atomic mass is 10.1. The molecule has 0 aliphatic carbocycles. The average Bonchev–Trinajstić information content (AvgIpc) is 3.39. The van der Waals surface area contributed by atoms with Crippen LogP contribution >= 0.6 is 11.3 Å². The molecule has 3 aromatic rings. The summed E-state index contributed by atoms with van der Waals surface area (Å²) in [6.07, 6.45) is 2.84. The maximum absolute atomic E-state index is 12.1. The smallest absolute Gasteiger partial charge is 0.331 e. The highest BCUT2D eigenvalue weighted by atomic mass is 32.1. The van der Waals surface area contributed by atoms with Crippen LogP contribution in [0.2, 0.25) is 0 Å². The van der Waals surface area contributed by atoms with Crippen LogP contribution in [0.5, 0.6) is 11.5 Å². The van der Waals surface area contributed by atoms with Gasteiger partial charge in [-0.05, 0) is 42.8 Å². The number of carbonyl (C=O) groups is 2. The van der Waals surface area contributed by atoms with Gasteiger partial charge in [-0.3, -0.25) is 4.79 Å². The van der Waals surface area contributed by atoms with Crippen molar-refractivity contribution in [3.05, 3.63) is 64.5 Å². The SMILES string of the molecule is Cc1nc(-c2cccc(NC(=O)COC(=O)/C=C/c3ccc4c(c3)OCO4)c2)cs1. The number of hydrogen-bond acceptors (Lipinski definition) is 7. The van der Waals surface area contributed by atoms with Gasteiger partial charge in [0.15, 0.2) is 18.1 Å². The van der Waals surface area contributed by atoms with Gasteiger partial charge < -0.3 is 19.5 Å². The van der Waals surface area contributed by atoms with Gasteiger partial charge in [0.25, 0.3) is 5.91 Å². The molecule has 1 N–H and O–H groups in total. The first-order chi connectivity index (χ1) is 14.6. The van der Waals surface area contributed by atoms with Crippen LogP contribution in [0.4, 0.5) is 5.69 Å². The molecule has 1 aromatic heterocycles. The van der Waals surface area contributed by atoms with E-state index in [9.17, 15) is 9.59 Å². The lowest BCUT2D eigenvalue weighted by molar-refractivity contribution is -0.142. The molecule has 2 heterocycles. The van der Waals surface area contributed by atoms with Crippen LogP contribution in [0, 0.1) is 6.92 Å². The zero-order valence-corrected chi connectivity index (χ0v) is 16.9. The van der Waals surface area contributed by atoms with E-state index < -0.39 is 11.9 Å². The van der Waals surface area contributed by atoms with E-state index in [2.05, 4.69) is 10.3 Å². The molecule has 152 valence electrons. The second-order valence-electron chi connectivity index (χ2n) is 6.43. The van der Waals surface area contributed by atoms with Crippen LogP contribution in [-0.2, 0) is 14.3 Å². The molecule has 1 aliphatic rings. The number of ether oxygens (including phenoxy) is 3. The van der Waals surface area contributed by atoms with E-state index >= 15 is 0 Å². The molecule has 2 aromatic carbocycles. The number of rotatable bonds is 6. The van der Waals surface area contributed by atoms with E-state index in [0.29, 0.717) is 17.2 Å². The molecule has 0 saturated carbocycles. The Bertz CT molecular complexity index is 1120.